The summed E-state index contributed by atoms with van der Waals surface area (Å²) in [5, 5.41) is 10.9. The summed E-state index contributed by atoms with van der Waals surface area (Å²) in [5.74, 6) is -0.714. The molecule has 2 amide bonds. The zero-order valence-corrected chi connectivity index (χ0v) is 15.1. The normalized spacial score (nSPS) is 17.0. The van der Waals surface area contributed by atoms with Crippen molar-refractivity contribution >= 4 is 23.1 Å². The molecular weight excluding hydrogens is 360 g/mol. The molecule has 2 aromatic rings. The molecule has 4 rings (SSSR count). The van der Waals surface area contributed by atoms with Crippen LogP contribution in [0.2, 0.25) is 0 Å². The Labute approximate surface area is 161 Å². The molecule has 28 heavy (non-hydrogen) atoms. The molecule has 1 saturated heterocycles. The first-order valence-electron chi connectivity index (χ1n) is 9.05. The van der Waals surface area contributed by atoms with Gasteiger partial charge in [0.1, 0.15) is 5.70 Å². The van der Waals surface area contributed by atoms with Crippen molar-refractivity contribution in [3.05, 3.63) is 75.7 Å². The standard InChI is InChI=1S/C20H18N4O4/c25-19-17(15-5-7-16(8-6-15)24(27)28)18(22-10-1-2-11-22)20(26)23(19)13-14-4-3-9-21-12-14/h3-9,12H,1-2,10-11,13H2. The summed E-state index contributed by atoms with van der Waals surface area (Å²) in [7, 11) is 0. The summed E-state index contributed by atoms with van der Waals surface area (Å²) >= 11 is 0. The molecule has 2 aliphatic heterocycles. The molecule has 0 unspecified atom stereocenters. The predicted molar refractivity (Wildman–Crippen MR) is 101 cm³/mol. The van der Waals surface area contributed by atoms with E-state index in [-0.39, 0.29) is 24.0 Å². The summed E-state index contributed by atoms with van der Waals surface area (Å²) in [5.41, 5.74) is 1.91. The van der Waals surface area contributed by atoms with E-state index >= 15 is 0 Å². The van der Waals surface area contributed by atoms with Gasteiger partial charge in [-0.15, -0.1) is 0 Å². The van der Waals surface area contributed by atoms with Gasteiger partial charge in [0.05, 0.1) is 17.0 Å². The molecule has 2 aliphatic rings. The van der Waals surface area contributed by atoms with Gasteiger partial charge in [-0.25, -0.2) is 0 Å². The minimum absolute atomic E-state index is 0.0592. The highest BCUT2D eigenvalue weighted by atomic mass is 16.6. The lowest BCUT2D eigenvalue weighted by Crippen LogP contribution is -2.34. The minimum atomic E-state index is -0.490. The first-order valence-corrected chi connectivity index (χ1v) is 9.05. The number of nitro benzene ring substituents is 1. The topological polar surface area (TPSA) is 96.6 Å². The van der Waals surface area contributed by atoms with E-state index < -0.39 is 4.92 Å². The lowest BCUT2D eigenvalue weighted by molar-refractivity contribution is -0.384. The van der Waals surface area contributed by atoms with Crippen LogP contribution in [0, 0.1) is 10.1 Å². The van der Waals surface area contributed by atoms with Crippen molar-refractivity contribution in [2.75, 3.05) is 13.1 Å². The molecule has 1 fully saturated rings. The second kappa shape index (κ2) is 7.22. The zero-order chi connectivity index (χ0) is 19.7. The molecule has 3 heterocycles. The Hall–Kier alpha value is -3.55. The van der Waals surface area contributed by atoms with Crippen molar-refractivity contribution in [1.82, 2.24) is 14.8 Å². The highest BCUT2D eigenvalue weighted by Gasteiger charge is 2.42. The maximum absolute atomic E-state index is 13.2. The number of pyridine rings is 1. The molecule has 8 heteroatoms. The molecule has 0 saturated carbocycles. The van der Waals surface area contributed by atoms with E-state index in [1.54, 1.807) is 18.5 Å². The molecule has 8 nitrogen and oxygen atoms in total. The van der Waals surface area contributed by atoms with Crippen molar-refractivity contribution in [3.8, 4) is 0 Å². The van der Waals surface area contributed by atoms with Crippen LogP contribution in [0.4, 0.5) is 5.69 Å². The van der Waals surface area contributed by atoms with Gasteiger partial charge in [-0.2, -0.15) is 0 Å². The molecule has 0 bridgehead atoms. The van der Waals surface area contributed by atoms with Crippen LogP contribution in [0.3, 0.4) is 0 Å². The number of imide groups is 1. The van der Waals surface area contributed by atoms with Gasteiger partial charge in [0.2, 0.25) is 0 Å². The summed E-state index contributed by atoms with van der Waals surface area (Å²) in [6, 6.07) is 9.33. The second-order valence-electron chi connectivity index (χ2n) is 6.78. The van der Waals surface area contributed by atoms with Crippen molar-refractivity contribution in [3.63, 3.8) is 0 Å². The average Bonchev–Trinajstić information content (AvgIpc) is 3.31. The quantitative estimate of drug-likeness (QED) is 0.450. The Kier molecular flexibility index (Phi) is 4.60. The highest BCUT2D eigenvalue weighted by Crippen LogP contribution is 2.34. The fourth-order valence-corrected chi connectivity index (χ4v) is 3.63. The fourth-order valence-electron chi connectivity index (χ4n) is 3.63. The first-order chi connectivity index (χ1) is 13.6. The molecule has 0 radical (unpaired) electrons. The van der Waals surface area contributed by atoms with Crippen LogP contribution in [0.5, 0.6) is 0 Å². The van der Waals surface area contributed by atoms with E-state index in [9.17, 15) is 19.7 Å². The van der Waals surface area contributed by atoms with Crippen molar-refractivity contribution in [2.24, 2.45) is 0 Å². The van der Waals surface area contributed by atoms with Crippen LogP contribution in [-0.4, -0.2) is 44.6 Å². The number of benzene rings is 1. The van der Waals surface area contributed by atoms with Crippen LogP contribution in [-0.2, 0) is 16.1 Å². The van der Waals surface area contributed by atoms with Gasteiger partial charge in [0.25, 0.3) is 17.5 Å². The smallest absolute Gasteiger partial charge is 0.278 e. The van der Waals surface area contributed by atoms with E-state index in [1.807, 2.05) is 11.0 Å². The summed E-state index contributed by atoms with van der Waals surface area (Å²) in [6.45, 7) is 1.57. The van der Waals surface area contributed by atoms with Crippen LogP contribution in [0.25, 0.3) is 5.57 Å². The van der Waals surface area contributed by atoms with E-state index in [1.165, 1.54) is 29.2 Å². The van der Waals surface area contributed by atoms with E-state index in [4.69, 9.17) is 0 Å². The largest absolute Gasteiger partial charge is 0.366 e. The third-order valence-electron chi connectivity index (χ3n) is 5.00. The monoisotopic (exact) mass is 378 g/mol. The first kappa shape index (κ1) is 17.8. The van der Waals surface area contributed by atoms with Crippen molar-refractivity contribution in [1.29, 1.82) is 0 Å². The van der Waals surface area contributed by atoms with Crippen molar-refractivity contribution < 1.29 is 14.5 Å². The number of non-ortho nitro benzene ring substituents is 1. The molecule has 1 aromatic heterocycles. The van der Waals surface area contributed by atoms with Gasteiger partial charge >= 0.3 is 0 Å². The second-order valence-corrected chi connectivity index (χ2v) is 6.78. The van der Waals surface area contributed by atoms with Gasteiger partial charge in [-0.05, 0) is 42.2 Å². The molecule has 1 aromatic carbocycles. The van der Waals surface area contributed by atoms with Gasteiger partial charge in [0, 0.05) is 37.6 Å². The maximum Gasteiger partial charge on any atom is 0.278 e. The highest BCUT2D eigenvalue weighted by molar-refractivity contribution is 6.35. The maximum atomic E-state index is 13.2. The van der Waals surface area contributed by atoms with Crippen LogP contribution >= 0.6 is 0 Å². The Morgan fingerprint density at radius 2 is 1.75 bits per heavy atom. The summed E-state index contributed by atoms with van der Waals surface area (Å²) in [4.78, 5) is 44.0. The van der Waals surface area contributed by atoms with E-state index in [2.05, 4.69) is 4.98 Å². The van der Waals surface area contributed by atoms with Crippen LogP contribution < -0.4 is 0 Å². The lowest BCUT2D eigenvalue weighted by Gasteiger charge is -2.20. The van der Waals surface area contributed by atoms with Gasteiger partial charge in [-0.3, -0.25) is 29.6 Å². The van der Waals surface area contributed by atoms with E-state index in [0.717, 1.165) is 18.4 Å². The Morgan fingerprint density at radius 3 is 2.36 bits per heavy atom. The number of amides is 2. The SMILES string of the molecule is O=C1C(c2ccc([N+](=O)[O-])cc2)=C(N2CCCC2)C(=O)N1Cc1cccnc1. The number of likely N-dealkylation sites (tertiary alicyclic amines) is 1. The fraction of sp³-hybridized carbons (Fsp3) is 0.250. The molecule has 0 aliphatic carbocycles. The third-order valence-corrected chi connectivity index (χ3v) is 5.00. The molecular formula is C20H18N4O4. The lowest BCUT2D eigenvalue weighted by atomic mass is 10.0. The van der Waals surface area contributed by atoms with Crippen LogP contribution in [0.15, 0.2) is 54.5 Å². The Bertz CT molecular complexity index is 963. The Balaban J connectivity index is 1.73. The number of hydrogen-bond donors (Lipinski definition) is 0. The molecule has 0 N–H and O–H groups in total. The number of aromatic nitrogens is 1. The summed E-state index contributed by atoms with van der Waals surface area (Å²) in [6.07, 6.45) is 5.18. The van der Waals surface area contributed by atoms with Gasteiger partial charge < -0.3 is 4.90 Å². The van der Waals surface area contributed by atoms with E-state index in [0.29, 0.717) is 29.9 Å². The van der Waals surface area contributed by atoms with Gasteiger partial charge in [0.15, 0.2) is 0 Å². The molecule has 0 atom stereocenters. The third kappa shape index (κ3) is 3.13. The average molecular weight is 378 g/mol. The van der Waals surface area contributed by atoms with Crippen LogP contribution in [0.1, 0.15) is 24.0 Å². The minimum Gasteiger partial charge on any atom is -0.366 e. The number of rotatable bonds is 5. The van der Waals surface area contributed by atoms with Gasteiger partial charge in [-0.1, -0.05) is 6.07 Å². The molecule has 142 valence electrons. The number of carbonyl (C=O) groups is 2. The number of nitrogens with zero attached hydrogens (tertiary/aromatic N) is 4. The summed E-state index contributed by atoms with van der Waals surface area (Å²) < 4.78 is 0. The zero-order valence-electron chi connectivity index (χ0n) is 15.1. The predicted octanol–water partition coefficient (Wildman–Crippen LogP) is 2.37. The molecule has 0 spiro atoms. The number of hydrogen-bond acceptors (Lipinski definition) is 6. The number of nitro groups is 1. The van der Waals surface area contributed by atoms with Crippen molar-refractivity contribution in [2.45, 2.75) is 19.4 Å². The Morgan fingerprint density at radius 1 is 1.04 bits per heavy atom. The number of carbonyl (C=O) groups excluding carboxylic acids is 2.